The summed E-state index contributed by atoms with van der Waals surface area (Å²) in [6.07, 6.45) is 10.8. The second kappa shape index (κ2) is 14.9. The zero-order valence-electron chi connectivity index (χ0n) is 27.9. The van der Waals surface area contributed by atoms with Crippen molar-refractivity contribution in [3.63, 3.8) is 0 Å². The Labute approximate surface area is 277 Å². The molecule has 3 aromatic rings. The van der Waals surface area contributed by atoms with Gasteiger partial charge in [0.05, 0.1) is 32.9 Å². The summed E-state index contributed by atoms with van der Waals surface area (Å²) < 4.78 is 16.6. The second-order valence-corrected chi connectivity index (χ2v) is 13.6. The zero-order chi connectivity index (χ0) is 32.9. The zero-order valence-corrected chi connectivity index (χ0v) is 27.9. The monoisotopic (exact) mass is 644 g/mol. The van der Waals surface area contributed by atoms with E-state index in [0.717, 1.165) is 73.9 Å². The number of amides is 2. The first-order chi connectivity index (χ1) is 22.8. The van der Waals surface area contributed by atoms with Gasteiger partial charge in [-0.15, -0.1) is 0 Å². The van der Waals surface area contributed by atoms with E-state index in [1.165, 1.54) is 10.5 Å². The SMILES string of the molecule is CCc1nc(-c2ccnc(N(CC3CCC(c4ccc(OC)c(C)c4)CC3)C(=O)C3CCC(COC(=O)N4CC(O)C4)CC3)c2)co1. The third-order valence-corrected chi connectivity index (χ3v) is 10.4. The van der Waals surface area contributed by atoms with Crippen molar-refractivity contribution in [3.8, 4) is 17.0 Å². The summed E-state index contributed by atoms with van der Waals surface area (Å²) in [5.74, 6) is 3.42. The van der Waals surface area contributed by atoms with Crippen LogP contribution in [-0.2, 0) is 16.0 Å². The van der Waals surface area contributed by atoms with Gasteiger partial charge in [0, 0.05) is 30.6 Å². The molecule has 1 saturated heterocycles. The van der Waals surface area contributed by atoms with Gasteiger partial charge in [-0.1, -0.05) is 19.1 Å². The van der Waals surface area contributed by atoms with Crippen LogP contribution in [-0.4, -0.2) is 71.4 Å². The number of hydrogen-bond donors (Lipinski definition) is 1. The van der Waals surface area contributed by atoms with E-state index >= 15 is 0 Å². The summed E-state index contributed by atoms with van der Waals surface area (Å²) in [7, 11) is 1.71. The molecule has 2 saturated carbocycles. The van der Waals surface area contributed by atoms with Crippen LogP contribution in [0.3, 0.4) is 0 Å². The number of aromatic nitrogens is 2. The average Bonchev–Trinajstić information content (AvgIpc) is 3.58. The normalized spacial score (nSPS) is 23.2. The van der Waals surface area contributed by atoms with Gasteiger partial charge in [-0.2, -0.15) is 0 Å². The molecule has 0 radical (unpaired) electrons. The highest BCUT2D eigenvalue weighted by Crippen LogP contribution is 2.39. The van der Waals surface area contributed by atoms with Crippen LogP contribution in [0.2, 0.25) is 0 Å². The third kappa shape index (κ3) is 7.80. The van der Waals surface area contributed by atoms with Crippen LogP contribution in [0.15, 0.2) is 47.2 Å². The number of pyridine rings is 1. The van der Waals surface area contributed by atoms with Crippen LogP contribution < -0.4 is 9.64 Å². The number of oxazole rings is 1. The molecule has 10 heteroatoms. The average molecular weight is 645 g/mol. The van der Waals surface area contributed by atoms with Crippen LogP contribution in [0.4, 0.5) is 10.6 Å². The molecule has 0 unspecified atom stereocenters. The molecule has 0 bridgehead atoms. The highest BCUT2D eigenvalue weighted by Gasteiger charge is 2.35. The number of β-amino-alcohol motifs (C(OH)–C–C–N with tert-alkyl or cyclic N) is 1. The summed E-state index contributed by atoms with van der Waals surface area (Å²) in [6.45, 7) is 5.78. The number of anilines is 1. The molecule has 2 aromatic heterocycles. The van der Waals surface area contributed by atoms with E-state index in [0.29, 0.717) is 56.2 Å². The van der Waals surface area contributed by atoms with E-state index in [4.69, 9.17) is 18.9 Å². The van der Waals surface area contributed by atoms with Crippen molar-refractivity contribution in [2.45, 2.75) is 83.7 Å². The molecule has 47 heavy (non-hydrogen) atoms. The van der Waals surface area contributed by atoms with Crippen LogP contribution in [0.1, 0.15) is 81.2 Å². The number of aliphatic hydroxyl groups is 1. The molecule has 1 N–H and O–H groups in total. The molecule has 0 atom stereocenters. The highest BCUT2D eigenvalue weighted by molar-refractivity contribution is 5.94. The van der Waals surface area contributed by atoms with Gasteiger partial charge in [0.15, 0.2) is 5.89 Å². The predicted molar refractivity (Wildman–Crippen MR) is 178 cm³/mol. The lowest BCUT2D eigenvalue weighted by Gasteiger charge is -2.36. The quantitative estimate of drug-likeness (QED) is 0.264. The molecule has 252 valence electrons. The van der Waals surface area contributed by atoms with Gasteiger partial charge < -0.3 is 23.9 Å². The minimum atomic E-state index is -0.445. The first-order valence-corrected chi connectivity index (χ1v) is 17.3. The van der Waals surface area contributed by atoms with Crippen molar-refractivity contribution < 1.29 is 28.6 Å². The number of benzene rings is 1. The molecule has 1 aromatic carbocycles. The lowest BCUT2D eigenvalue weighted by Crippen LogP contribution is -2.53. The summed E-state index contributed by atoms with van der Waals surface area (Å²) in [6, 6.07) is 10.4. The topological polar surface area (TPSA) is 118 Å². The van der Waals surface area contributed by atoms with Crippen molar-refractivity contribution >= 4 is 17.8 Å². The number of rotatable bonds is 10. The van der Waals surface area contributed by atoms with Crippen molar-refractivity contribution in [1.29, 1.82) is 0 Å². The first-order valence-electron chi connectivity index (χ1n) is 17.3. The summed E-state index contributed by atoms with van der Waals surface area (Å²) >= 11 is 0. The molecular weight excluding hydrogens is 596 g/mol. The molecule has 6 rings (SSSR count). The van der Waals surface area contributed by atoms with Gasteiger partial charge in [0.1, 0.15) is 23.5 Å². The number of nitrogens with zero attached hydrogens (tertiary/aromatic N) is 4. The molecule has 0 spiro atoms. The smallest absolute Gasteiger partial charge is 0.409 e. The van der Waals surface area contributed by atoms with Crippen LogP contribution >= 0.6 is 0 Å². The van der Waals surface area contributed by atoms with Crippen molar-refractivity contribution in [1.82, 2.24) is 14.9 Å². The lowest BCUT2D eigenvalue weighted by molar-refractivity contribution is -0.124. The third-order valence-electron chi connectivity index (χ3n) is 10.4. The van der Waals surface area contributed by atoms with Gasteiger partial charge in [-0.3, -0.25) is 9.69 Å². The molecule has 3 aliphatic rings. The van der Waals surface area contributed by atoms with E-state index < -0.39 is 6.10 Å². The van der Waals surface area contributed by atoms with Gasteiger partial charge in [-0.25, -0.2) is 14.8 Å². The van der Waals surface area contributed by atoms with E-state index in [1.54, 1.807) is 19.6 Å². The fourth-order valence-corrected chi connectivity index (χ4v) is 7.40. The Morgan fingerprint density at radius 3 is 2.43 bits per heavy atom. The number of ether oxygens (including phenoxy) is 2. The van der Waals surface area contributed by atoms with Gasteiger partial charge in [-0.05, 0) is 105 Å². The van der Waals surface area contributed by atoms with Crippen molar-refractivity contribution in [2.24, 2.45) is 17.8 Å². The predicted octanol–water partition coefficient (Wildman–Crippen LogP) is 6.54. The highest BCUT2D eigenvalue weighted by atomic mass is 16.6. The Morgan fingerprint density at radius 1 is 1.02 bits per heavy atom. The van der Waals surface area contributed by atoms with Gasteiger partial charge in [0.2, 0.25) is 5.91 Å². The maximum atomic E-state index is 14.3. The molecule has 10 nitrogen and oxygen atoms in total. The fourth-order valence-electron chi connectivity index (χ4n) is 7.40. The van der Waals surface area contributed by atoms with E-state index in [2.05, 4.69) is 30.1 Å². The van der Waals surface area contributed by atoms with E-state index in [9.17, 15) is 14.7 Å². The Hall–Kier alpha value is -3.92. The maximum absolute atomic E-state index is 14.3. The maximum Gasteiger partial charge on any atom is 0.409 e. The number of hydrogen-bond acceptors (Lipinski definition) is 8. The van der Waals surface area contributed by atoms with Crippen molar-refractivity contribution in [3.05, 3.63) is 59.8 Å². The second-order valence-electron chi connectivity index (χ2n) is 13.6. The number of likely N-dealkylation sites (tertiary alicyclic amines) is 1. The Balaban J connectivity index is 1.12. The summed E-state index contributed by atoms with van der Waals surface area (Å²) in [5, 5.41) is 9.46. The minimum absolute atomic E-state index is 0.102. The van der Waals surface area contributed by atoms with Crippen LogP contribution in [0.25, 0.3) is 11.3 Å². The number of carbonyl (C=O) groups is 2. The van der Waals surface area contributed by atoms with Crippen molar-refractivity contribution in [2.75, 3.05) is 38.3 Å². The largest absolute Gasteiger partial charge is 0.496 e. The number of methoxy groups -OCH3 is 1. The Kier molecular flexibility index (Phi) is 10.4. The molecular formula is C37H48N4O6. The van der Waals surface area contributed by atoms with E-state index in [-0.39, 0.29) is 23.8 Å². The summed E-state index contributed by atoms with van der Waals surface area (Å²) in [4.78, 5) is 39.3. The fraction of sp³-hybridized carbons (Fsp3) is 0.568. The molecule has 2 amide bonds. The van der Waals surface area contributed by atoms with Crippen LogP contribution in [0.5, 0.6) is 5.75 Å². The van der Waals surface area contributed by atoms with Gasteiger partial charge >= 0.3 is 6.09 Å². The Morgan fingerprint density at radius 2 is 1.77 bits per heavy atom. The standard InChI is InChI=1S/C37H48N4O6/c1-4-35-39-32(23-46-35)30-15-16-38-34(18-30)41(19-25-5-9-27(10-6-25)29-13-14-33(45-3)24(2)17-29)36(43)28-11-7-26(8-12-28)22-47-37(44)40-20-31(42)21-40/h13-18,23,25-28,31,42H,4-12,19-22H2,1-3H3. The van der Waals surface area contributed by atoms with Crippen LogP contribution in [0, 0.1) is 24.7 Å². The number of aryl methyl sites for hydroxylation is 2. The summed E-state index contributed by atoms with van der Waals surface area (Å²) in [5.41, 5.74) is 4.16. The molecule has 3 heterocycles. The van der Waals surface area contributed by atoms with Gasteiger partial charge in [0.25, 0.3) is 0 Å². The molecule has 1 aliphatic heterocycles. The Bertz CT molecular complexity index is 1520. The number of carbonyl (C=O) groups excluding carboxylic acids is 2. The first kappa shape index (κ1) is 33.0. The minimum Gasteiger partial charge on any atom is -0.496 e. The van der Waals surface area contributed by atoms with E-state index in [1.807, 2.05) is 24.0 Å². The lowest BCUT2D eigenvalue weighted by atomic mass is 9.78. The molecule has 3 fully saturated rings. The number of aliphatic hydroxyl groups excluding tert-OH is 1. The molecule has 2 aliphatic carbocycles.